The molecule has 0 bridgehead atoms. The summed E-state index contributed by atoms with van der Waals surface area (Å²) in [6.45, 7) is 1.46. The molecule has 0 saturated carbocycles. The van der Waals surface area contributed by atoms with E-state index in [1.54, 1.807) is 17.5 Å². The molecular formula is C9H16N2O3S. The SMILES string of the molecule is Cc1ncc(CNC(CO)(CO)CO)s1. The van der Waals surface area contributed by atoms with Crippen LogP contribution >= 0.6 is 11.3 Å². The summed E-state index contributed by atoms with van der Waals surface area (Å²) >= 11 is 1.54. The maximum Gasteiger partial charge on any atom is 0.0897 e. The van der Waals surface area contributed by atoms with Gasteiger partial charge in [-0.2, -0.15) is 0 Å². The number of aliphatic hydroxyl groups excluding tert-OH is 3. The van der Waals surface area contributed by atoms with Gasteiger partial charge in [-0.25, -0.2) is 4.98 Å². The lowest BCUT2D eigenvalue weighted by Gasteiger charge is -2.28. The molecule has 0 fully saturated rings. The van der Waals surface area contributed by atoms with Crippen molar-refractivity contribution in [2.45, 2.75) is 19.0 Å². The van der Waals surface area contributed by atoms with Crippen molar-refractivity contribution in [2.24, 2.45) is 0 Å². The van der Waals surface area contributed by atoms with Gasteiger partial charge in [0.15, 0.2) is 0 Å². The van der Waals surface area contributed by atoms with Crippen LogP contribution in [0.15, 0.2) is 6.20 Å². The van der Waals surface area contributed by atoms with Crippen LogP contribution < -0.4 is 5.32 Å². The summed E-state index contributed by atoms with van der Waals surface area (Å²) in [7, 11) is 0. The van der Waals surface area contributed by atoms with E-state index in [-0.39, 0.29) is 19.8 Å². The number of nitrogens with one attached hydrogen (secondary N) is 1. The number of nitrogens with zero attached hydrogens (tertiary/aromatic N) is 1. The standard InChI is InChI=1S/C9H16N2O3S/c1-7-10-2-8(15-7)3-11-9(4-12,5-13)6-14/h2,11-14H,3-6H2,1H3. The van der Waals surface area contributed by atoms with E-state index in [1.807, 2.05) is 6.92 Å². The van der Waals surface area contributed by atoms with Gasteiger partial charge in [0.2, 0.25) is 0 Å². The zero-order chi connectivity index (χ0) is 11.3. The van der Waals surface area contributed by atoms with Crippen molar-refractivity contribution >= 4 is 11.3 Å². The van der Waals surface area contributed by atoms with E-state index in [9.17, 15) is 0 Å². The predicted octanol–water partition coefficient (Wildman–Crippen LogP) is -0.743. The third kappa shape index (κ3) is 3.22. The summed E-state index contributed by atoms with van der Waals surface area (Å²) in [6.07, 6.45) is 1.74. The van der Waals surface area contributed by atoms with Crippen LogP contribution in [0.3, 0.4) is 0 Å². The summed E-state index contributed by atoms with van der Waals surface area (Å²) in [4.78, 5) is 5.09. The first-order valence-electron chi connectivity index (χ1n) is 4.65. The highest BCUT2D eigenvalue weighted by atomic mass is 32.1. The topological polar surface area (TPSA) is 85.6 Å². The van der Waals surface area contributed by atoms with Crippen molar-refractivity contribution in [3.8, 4) is 0 Å². The lowest BCUT2D eigenvalue weighted by atomic mass is 10.0. The van der Waals surface area contributed by atoms with Crippen LogP contribution in [-0.4, -0.2) is 45.7 Å². The van der Waals surface area contributed by atoms with Crippen LogP contribution in [0.4, 0.5) is 0 Å². The highest BCUT2D eigenvalue weighted by Crippen LogP contribution is 2.12. The summed E-state index contributed by atoms with van der Waals surface area (Å²) in [6, 6.07) is 0. The summed E-state index contributed by atoms with van der Waals surface area (Å²) in [5.74, 6) is 0. The Balaban J connectivity index is 2.54. The van der Waals surface area contributed by atoms with Gasteiger partial charge in [-0.3, -0.25) is 0 Å². The molecule has 0 radical (unpaired) electrons. The lowest BCUT2D eigenvalue weighted by molar-refractivity contribution is 0.0415. The van der Waals surface area contributed by atoms with Crippen LogP contribution in [0.25, 0.3) is 0 Å². The van der Waals surface area contributed by atoms with Gasteiger partial charge in [0.25, 0.3) is 0 Å². The zero-order valence-corrected chi connectivity index (χ0v) is 9.42. The maximum atomic E-state index is 9.07. The van der Waals surface area contributed by atoms with E-state index in [0.717, 1.165) is 9.88 Å². The first-order chi connectivity index (χ1) is 7.15. The van der Waals surface area contributed by atoms with Gasteiger partial charge in [0.05, 0.1) is 30.4 Å². The maximum absolute atomic E-state index is 9.07. The molecule has 15 heavy (non-hydrogen) atoms. The van der Waals surface area contributed by atoms with E-state index in [1.165, 1.54) is 0 Å². The Kier molecular flexibility index (Phi) is 4.62. The zero-order valence-electron chi connectivity index (χ0n) is 8.60. The molecule has 6 heteroatoms. The lowest BCUT2D eigenvalue weighted by Crippen LogP contribution is -2.54. The molecule has 1 aromatic heterocycles. The van der Waals surface area contributed by atoms with Crippen LogP contribution in [0, 0.1) is 6.92 Å². The predicted molar refractivity (Wildman–Crippen MR) is 57.7 cm³/mol. The molecule has 4 N–H and O–H groups in total. The van der Waals surface area contributed by atoms with E-state index in [0.29, 0.717) is 6.54 Å². The van der Waals surface area contributed by atoms with Crippen molar-refractivity contribution in [2.75, 3.05) is 19.8 Å². The van der Waals surface area contributed by atoms with Gasteiger partial charge in [-0.05, 0) is 6.92 Å². The molecule has 0 amide bonds. The first kappa shape index (κ1) is 12.5. The molecule has 0 aromatic carbocycles. The van der Waals surface area contributed by atoms with Gasteiger partial charge < -0.3 is 20.6 Å². The highest BCUT2D eigenvalue weighted by molar-refractivity contribution is 7.11. The number of aryl methyl sites for hydroxylation is 1. The molecule has 0 spiro atoms. The largest absolute Gasteiger partial charge is 0.394 e. The number of hydrogen-bond donors (Lipinski definition) is 4. The van der Waals surface area contributed by atoms with Crippen molar-refractivity contribution in [3.05, 3.63) is 16.1 Å². The average molecular weight is 232 g/mol. The molecule has 1 aromatic rings. The molecule has 5 nitrogen and oxygen atoms in total. The smallest absolute Gasteiger partial charge is 0.0897 e. The fourth-order valence-electron chi connectivity index (χ4n) is 1.08. The quantitative estimate of drug-likeness (QED) is 0.519. The second-order valence-electron chi connectivity index (χ2n) is 3.45. The van der Waals surface area contributed by atoms with Gasteiger partial charge in [0, 0.05) is 17.6 Å². The van der Waals surface area contributed by atoms with Crippen molar-refractivity contribution in [1.82, 2.24) is 10.3 Å². The normalized spacial score (nSPS) is 12.0. The molecule has 0 aliphatic carbocycles. The molecule has 0 atom stereocenters. The second kappa shape index (κ2) is 5.53. The van der Waals surface area contributed by atoms with E-state index in [2.05, 4.69) is 10.3 Å². The molecule has 86 valence electrons. The van der Waals surface area contributed by atoms with Gasteiger partial charge in [-0.15, -0.1) is 11.3 Å². The minimum absolute atomic E-state index is 0.308. The number of hydrogen-bond acceptors (Lipinski definition) is 6. The Morgan fingerprint density at radius 1 is 1.33 bits per heavy atom. The fraction of sp³-hybridized carbons (Fsp3) is 0.667. The third-order valence-corrected chi connectivity index (χ3v) is 3.13. The minimum Gasteiger partial charge on any atom is -0.394 e. The minimum atomic E-state index is -1.02. The van der Waals surface area contributed by atoms with E-state index >= 15 is 0 Å². The second-order valence-corrected chi connectivity index (χ2v) is 4.77. The van der Waals surface area contributed by atoms with Crippen LogP contribution in [0.5, 0.6) is 0 Å². The van der Waals surface area contributed by atoms with Crippen molar-refractivity contribution in [3.63, 3.8) is 0 Å². The fourth-order valence-corrected chi connectivity index (χ4v) is 1.81. The summed E-state index contributed by atoms with van der Waals surface area (Å²) < 4.78 is 0. The Labute approximate surface area is 92.4 Å². The molecule has 0 aliphatic heterocycles. The van der Waals surface area contributed by atoms with Crippen LogP contribution in [-0.2, 0) is 6.54 Å². The summed E-state index contributed by atoms with van der Waals surface area (Å²) in [5, 5.41) is 31.1. The Morgan fingerprint density at radius 3 is 2.33 bits per heavy atom. The number of rotatable bonds is 6. The Morgan fingerprint density at radius 2 is 1.93 bits per heavy atom. The average Bonchev–Trinajstić information content (AvgIpc) is 2.67. The molecular weight excluding hydrogens is 216 g/mol. The number of thiazole rings is 1. The molecule has 0 unspecified atom stereocenters. The Hall–Kier alpha value is -0.530. The molecule has 1 rings (SSSR count). The van der Waals surface area contributed by atoms with Crippen molar-refractivity contribution < 1.29 is 15.3 Å². The van der Waals surface area contributed by atoms with Crippen LogP contribution in [0.1, 0.15) is 9.88 Å². The molecule has 1 heterocycles. The monoisotopic (exact) mass is 232 g/mol. The first-order valence-corrected chi connectivity index (χ1v) is 5.46. The number of aromatic nitrogens is 1. The number of aliphatic hydroxyl groups is 3. The van der Waals surface area contributed by atoms with Crippen LogP contribution in [0.2, 0.25) is 0 Å². The van der Waals surface area contributed by atoms with Gasteiger partial charge >= 0.3 is 0 Å². The van der Waals surface area contributed by atoms with E-state index in [4.69, 9.17) is 15.3 Å². The Bertz CT molecular complexity index is 291. The van der Waals surface area contributed by atoms with E-state index < -0.39 is 5.54 Å². The summed E-state index contributed by atoms with van der Waals surface area (Å²) in [5.41, 5.74) is -1.02. The van der Waals surface area contributed by atoms with Gasteiger partial charge in [0.1, 0.15) is 0 Å². The third-order valence-electron chi connectivity index (χ3n) is 2.21. The molecule has 0 aliphatic rings. The highest BCUT2D eigenvalue weighted by Gasteiger charge is 2.27. The molecule has 0 saturated heterocycles. The van der Waals surface area contributed by atoms with Crippen molar-refractivity contribution in [1.29, 1.82) is 0 Å². The van der Waals surface area contributed by atoms with Gasteiger partial charge in [-0.1, -0.05) is 0 Å².